The van der Waals surface area contributed by atoms with Crippen LogP contribution in [0.15, 0.2) is 53.7 Å². The summed E-state index contributed by atoms with van der Waals surface area (Å²) in [5.41, 5.74) is 2.89. The maximum atomic E-state index is 13.6. The van der Waals surface area contributed by atoms with Gasteiger partial charge in [-0.1, -0.05) is 0 Å². The summed E-state index contributed by atoms with van der Waals surface area (Å²) < 4.78 is 18.8. The summed E-state index contributed by atoms with van der Waals surface area (Å²) in [5, 5.41) is 14.7. The lowest BCUT2D eigenvalue weighted by Gasteiger charge is -2.10. The Labute approximate surface area is 208 Å². The third-order valence-electron chi connectivity index (χ3n) is 5.03. The van der Waals surface area contributed by atoms with Crippen molar-refractivity contribution in [3.8, 4) is 17.1 Å². The van der Waals surface area contributed by atoms with Gasteiger partial charge in [0.15, 0.2) is 11.8 Å². The van der Waals surface area contributed by atoms with Crippen LogP contribution < -0.4 is 15.4 Å². The number of hydrogen-bond acceptors (Lipinski definition) is 4. The lowest BCUT2D eigenvalue weighted by Crippen LogP contribution is -2.38. The smallest absolute Gasteiger partial charge is 0.191 e. The summed E-state index contributed by atoms with van der Waals surface area (Å²) in [6, 6.07) is 12.3. The fraction of sp³-hybridized carbons (Fsp3) is 0.261. The monoisotopic (exact) mass is 563 g/mol. The molecule has 0 amide bonds. The zero-order chi connectivity index (χ0) is 22.3. The van der Waals surface area contributed by atoms with Crippen LogP contribution in [0, 0.1) is 5.82 Å². The van der Waals surface area contributed by atoms with Gasteiger partial charge >= 0.3 is 0 Å². The van der Waals surface area contributed by atoms with E-state index in [1.54, 1.807) is 19.2 Å². The summed E-state index contributed by atoms with van der Waals surface area (Å²) in [6.45, 7) is 3.76. The van der Waals surface area contributed by atoms with Gasteiger partial charge in [0.1, 0.15) is 23.9 Å². The number of nitrogens with one attached hydrogen (secondary N) is 4. The molecule has 10 heteroatoms. The average Bonchev–Trinajstić information content (AvgIpc) is 3.45. The van der Waals surface area contributed by atoms with Gasteiger partial charge in [-0.3, -0.25) is 5.10 Å². The molecule has 0 atom stereocenters. The summed E-state index contributed by atoms with van der Waals surface area (Å²) in [7, 11) is 1.63. The van der Waals surface area contributed by atoms with Crippen molar-refractivity contribution in [3.63, 3.8) is 0 Å². The van der Waals surface area contributed by atoms with Gasteiger partial charge in [-0.2, -0.15) is 5.10 Å². The third kappa shape index (κ3) is 6.21. The average molecular weight is 563 g/mol. The lowest BCUT2D eigenvalue weighted by molar-refractivity contribution is 0.415. The highest BCUT2D eigenvalue weighted by molar-refractivity contribution is 14.0. The molecule has 0 spiro atoms. The molecular weight excluding hydrogens is 536 g/mol. The molecule has 2 heterocycles. The fourth-order valence-electron chi connectivity index (χ4n) is 3.40. The van der Waals surface area contributed by atoms with Crippen LogP contribution in [0.1, 0.15) is 18.3 Å². The van der Waals surface area contributed by atoms with Crippen molar-refractivity contribution >= 4 is 40.8 Å². The molecule has 0 saturated heterocycles. The molecule has 0 saturated carbocycles. The molecule has 2 aromatic carbocycles. The largest absolute Gasteiger partial charge is 0.497 e. The highest BCUT2D eigenvalue weighted by atomic mass is 127. The number of nitrogens with zero attached hydrogens (tertiary/aromatic N) is 3. The van der Waals surface area contributed by atoms with E-state index < -0.39 is 0 Å². The Morgan fingerprint density at radius 1 is 1.15 bits per heavy atom. The van der Waals surface area contributed by atoms with E-state index in [1.807, 2.05) is 37.4 Å². The van der Waals surface area contributed by atoms with Crippen molar-refractivity contribution in [3.05, 3.63) is 65.9 Å². The van der Waals surface area contributed by atoms with Gasteiger partial charge in [0.2, 0.25) is 0 Å². The second kappa shape index (κ2) is 11.6. The molecule has 0 aliphatic rings. The first-order chi connectivity index (χ1) is 15.7. The van der Waals surface area contributed by atoms with Crippen LogP contribution in [0.3, 0.4) is 0 Å². The van der Waals surface area contributed by atoms with Crippen LogP contribution in [0.25, 0.3) is 22.3 Å². The third-order valence-corrected chi connectivity index (χ3v) is 5.03. The topological polar surface area (TPSA) is 103 Å². The molecule has 0 radical (unpaired) electrons. The second-order valence-corrected chi connectivity index (χ2v) is 7.21. The number of aromatic amines is 2. The van der Waals surface area contributed by atoms with Crippen LogP contribution in [-0.4, -0.2) is 46.3 Å². The number of methoxy groups -OCH3 is 1. The van der Waals surface area contributed by atoms with Crippen LogP contribution in [-0.2, 0) is 13.0 Å². The van der Waals surface area contributed by atoms with Crippen molar-refractivity contribution in [2.75, 3.05) is 20.2 Å². The van der Waals surface area contributed by atoms with E-state index in [9.17, 15) is 4.39 Å². The molecule has 0 aliphatic heterocycles. The van der Waals surface area contributed by atoms with Crippen LogP contribution >= 0.6 is 24.0 Å². The van der Waals surface area contributed by atoms with E-state index in [0.29, 0.717) is 30.7 Å². The lowest BCUT2D eigenvalue weighted by atomic mass is 10.1. The molecule has 33 heavy (non-hydrogen) atoms. The number of halogens is 2. The SMILES string of the molecule is CCNC(=NCc1nc(-c2ccc(OC)cc2)n[nH]1)NCCc1c[nH]c2ccc(F)cc12.I. The number of aromatic nitrogens is 4. The van der Waals surface area contributed by atoms with Crippen molar-refractivity contribution < 1.29 is 9.13 Å². The van der Waals surface area contributed by atoms with Crippen molar-refractivity contribution in [1.82, 2.24) is 30.8 Å². The van der Waals surface area contributed by atoms with E-state index in [-0.39, 0.29) is 29.8 Å². The molecule has 0 bridgehead atoms. The minimum absolute atomic E-state index is 0. The Morgan fingerprint density at radius 2 is 1.97 bits per heavy atom. The van der Waals surface area contributed by atoms with Crippen LogP contribution in [0.5, 0.6) is 5.75 Å². The van der Waals surface area contributed by atoms with Crippen molar-refractivity contribution in [2.45, 2.75) is 19.9 Å². The number of H-pyrrole nitrogens is 2. The number of fused-ring (bicyclic) bond motifs is 1. The van der Waals surface area contributed by atoms with Crippen LogP contribution in [0.4, 0.5) is 4.39 Å². The Morgan fingerprint density at radius 3 is 2.73 bits per heavy atom. The predicted molar refractivity (Wildman–Crippen MR) is 139 cm³/mol. The van der Waals surface area contributed by atoms with E-state index in [4.69, 9.17) is 4.74 Å². The summed E-state index contributed by atoms with van der Waals surface area (Å²) >= 11 is 0. The molecular formula is C23H27FIN7O. The zero-order valence-electron chi connectivity index (χ0n) is 18.5. The zero-order valence-corrected chi connectivity index (χ0v) is 20.8. The summed E-state index contributed by atoms with van der Waals surface area (Å²) in [6.07, 6.45) is 2.66. The van der Waals surface area contributed by atoms with Crippen LogP contribution in [0.2, 0.25) is 0 Å². The van der Waals surface area contributed by atoms with Gasteiger partial charge in [-0.25, -0.2) is 14.4 Å². The van der Waals surface area contributed by atoms with Gasteiger partial charge in [0.25, 0.3) is 0 Å². The molecule has 8 nitrogen and oxygen atoms in total. The molecule has 2 aromatic heterocycles. The van der Waals surface area contributed by atoms with Crippen molar-refractivity contribution in [2.24, 2.45) is 4.99 Å². The molecule has 4 aromatic rings. The Hall–Kier alpha value is -3.15. The molecule has 0 fully saturated rings. The number of aliphatic imine (C=N–C) groups is 1. The molecule has 0 aliphatic carbocycles. The van der Waals surface area contributed by atoms with E-state index in [0.717, 1.165) is 40.7 Å². The second-order valence-electron chi connectivity index (χ2n) is 7.21. The Kier molecular flexibility index (Phi) is 8.64. The minimum Gasteiger partial charge on any atom is -0.497 e. The summed E-state index contributed by atoms with van der Waals surface area (Å²) in [4.78, 5) is 12.3. The first-order valence-electron chi connectivity index (χ1n) is 10.5. The molecule has 0 unspecified atom stereocenters. The summed E-state index contributed by atoms with van der Waals surface area (Å²) in [5.74, 6) is 2.51. The number of guanidine groups is 1. The quantitative estimate of drug-likeness (QED) is 0.147. The first kappa shape index (κ1) is 24.5. The van der Waals surface area contributed by atoms with Gasteiger partial charge in [-0.05, 0) is 61.4 Å². The fourth-order valence-corrected chi connectivity index (χ4v) is 3.40. The highest BCUT2D eigenvalue weighted by Gasteiger charge is 2.08. The van der Waals surface area contributed by atoms with Gasteiger partial charge in [-0.15, -0.1) is 24.0 Å². The Balaban J connectivity index is 0.00000306. The molecule has 174 valence electrons. The normalized spacial score (nSPS) is 11.3. The standard InChI is InChI=1S/C23H26FN7O.HI/c1-3-25-23(26-11-10-16-13-27-20-9-6-17(24)12-19(16)20)28-14-21-29-22(31-30-21)15-4-7-18(32-2)8-5-15;/h4-9,12-13,27H,3,10-11,14H2,1-2H3,(H2,25,26,28)(H,29,30,31);1H. The number of benzene rings is 2. The number of ether oxygens (including phenoxy) is 1. The van der Waals surface area contributed by atoms with Crippen molar-refractivity contribution in [1.29, 1.82) is 0 Å². The minimum atomic E-state index is -0.234. The number of hydrogen-bond donors (Lipinski definition) is 4. The first-order valence-corrected chi connectivity index (χ1v) is 10.5. The van der Waals surface area contributed by atoms with Gasteiger partial charge in [0.05, 0.1) is 7.11 Å². The Bertz CT molecular complexity index is 1200. The highest BCUT2D eigenvalue weighted by Crippen LogP contribution is 2.20. The van der Waals surface area contributed by atoms with E-state index in [2.05, 4.69) is 35.8 Å². The predicted octanol–water partition coefficient (Wildman–Crippen LogP) is 4.02. The molecule has 4 rings (SSSR count). The number of rotatable bonds is 8. The van der Waals surface area contributed by atoms with E-state index >= 15 is 0 Å². The maximum absolute atomic E-state index is 13.6. The van der Waals surface area contributed by atoms with Gasteiger partial charge < -0.3 is 20.4 Å². The van der Waals surface area contributed by atoms with Gasteiger partial charge in [0, 0.05) is 35.8 Å². The molecule has 4 N–H and O–H groups in total. The maximum Gasteiger partial charge on any atom is 0.191 e. The van der Waals surface area contributed by atoms with E-state index in [1.165, 1.54) is 6.07 Å².